The minimum Gasteiger partial charge on any atom is -0.299 e. The summed E-state index contributed by atoms with van der Waals surface area (Å²) in [6, 6.07) is 0. The predicted molar refractivity (Wildman–Crippen MR) is 43.0 cm³/mol. The molecule has 58 valence electrons. The first-order valence-corrected chi connectivity index (χ1v) is 3.36. The van der Waals surface area contributed by atoms with Gasteiger partial charge in [-0.3, -0.25) is 9.48 Å². The van der Waals surface area contributed by atoms with Gasteiger partial charge in [-0.1, -0.05) is 0 Å². The van der Waals surface area contributed by atoms with Crippen LogP contribution >= 0.6 is 0 Å². The van der Waals surface area contributed by atoms with Gasteiger partial charge in [-0.15, -0.1) is 0 Å². The molecule has 0 aromatic carbocycles. The van der Waals surface area contributed by atoms with E-state index in [1.165, 1.54) is 6.08 Å². The van der Waals surface area contributed by atoms with E-state index in [4.69, 9.17) is 0 Å². The van der Waals surface area contributed by atoms with Crippen LogP contribution in [0.5, 0.6) is 0 Å². The van der Waals surface area contributed by atoms with E-state index in [-0.39, 0.29) is 0 Å². The van der Waals surface area contributed by atoms with Gasteiger partial charge in [0.2, 0.25) is 0 Å². The van der Waals surface area contributed by atoms with Gasteiger partial charge in [-0.05, 0) is 19.1 Å². The minimum absolute atomic E-state index is 0.756. The second-order valence-corrected chi connectivity index (χ2v) is 2.34. The number of allylic oxidation sites excluding steroid dienone is 1. The predicted octanol–water partition coefficient (Wildman–Crippen LogP) is 0.941. The van der Waals surface area contributed by atoms with Crippen molar-refractivity contribution in [2.24, 2.45) is 7.05 Å². The summed E-state index contributed by atoms with van der Waals surface area (Å²) >= 11 is 0. The molecule has 0 spiro atoms. The molecule has 1 heterocycles. The van der Waals surface area contributed by atoms with Gasteiger partial charge < -0.3 is 0 Å². The Morgan fingerprint density at radius 1 is 1.64 bits per heavy atom. The van der Waals surface area contributed by atoms with Crippen molar-refractivity contribution < 1.29 is 4.79 Å². The number of aromatic nitrogens is 2. The highest BCUT2D eigenvalue weighted by molar-refractivity contribution is 5.74. The van der Waals surface area contributed by atoms with Gasteiger partial charge in [0.1, 0.15) is 6.29 Å². The van der Waals surface area contributed by atoms with Gasteiger partial charge >= 0.3 is 0 Å². The van der Waals surface area contributed by atoms with Gasteiger partial charge in [0, 0.05) is 18.8 Å². The Hall–Kier alpha value is -1.38. The van der Waals surface area contributed by atoms with E-state index >= 15 is 0 Å². The summed E-state index contributed by atoms with van der Waals surface area (Å²) < 4.78 is 1.72. The molecule has 0 saturated carbocycles. The van der Waals surface area contributed by atoms with Crippen molar-refractivity contribution in [3.63, 3.8) is 0 Å². The van der Waals surface area contributed by atoms with Gasteiger partial charge in [0.05, 0.1) is 5.69 Å². The van der Waals surface area contributed by atoms with Gasteiger partial charge in [0.15, 0.2) is 0 Å². The van der Waals surface area contributed by atoms with E-state index in [0.29, 0.717) is 0 Å². The Labute approximate surface area is 65.3 Å². The first kappa shape index (κ1) is 7.72. The molecule has 0 bridgehead atoms. The molecule has 0 saturated heterocycles. The summed E-state index contributed by atoms with van der Waals surface area (Å²) in [6.45, 7) is 1.91. The number of nitrogens with zero attached hydrogens (tertiary/aromatic N) is 2. The molecule has 0 atom stereocenters. The quantitative estimate of drug-likeness (QED) is 0.464. The Balaban J connectivity index is 2.93. The van der Waals surface area contributed by atoms with Crippen LogP contribution in [0.2, 0.25) is 0 Å². The van der Waals surface area contributed by atoms with Crippen LogP contribution in [-0.4, -0.2) is 16.1 Å². The van der Waals surface area contributed by atoms with E-state index in [1.54, 1.807) is 10.8 Å². The molecular formula is C8H10N2O. The maximum Gasteiger partial charge on any atom is 0.142 e. The van der Waals surface area contributed by atoms with Crippen LogP contribution in [0.15, 0.2) is 12.3 Å². The fourth-order valence-corrected chi connectivity index (χ4v) is 0.924. The number of hydrogen-bond donors (Lipinski definition) is 0. The highest BCUT2D eigenvalue weighted by Crippen LogP contribution is 2.05. The van der Waals surface area contributed by atoms with Crippen molar-refractivity contribution >= 4 is 12.4 Å². The molecule has 1 aromatic heterocycles. The highest BCUT2D eigenvalue weighted by Gasteiger charge is 1.96. The monoisotopic (exact) mass is 150 g/mol. The van der Waals surface area contributed by atoms with Crippen LogP contribution in [0, 0.1) is 6.92 Å². The molecule has 3 nitrogen and oxygen atoms in total. The van der Waals surface area contributed by atoms with E-state index < -0.39 is 0 Å². The SMILES string of the molecule is Cc1nn(C)cc1/C=C/C=O. The fourth-order valence-electron chi connectivity index (χ4n) is 0.924. The largest absolute Gasteiger partial charge is 0.299 e. The molecule has 11 heavy (non-hydrogen) atoms. The average molecular weight is 150 g/mol. The summed E-state index contributed by atoms with van der Waals surface area (Å²) in [5.41, 5.74) is 1.92. The lowest BCUT2D eigenvalue weighted by Gasteiger charge is -1.81. The zero-order valence-electron chi connectivity index (χ0n) is 6.61. The zero-order chi connectivity index (χ0) is 8.27. The molecule has 0 unspecified atom stereocenters. The van der Waals surface area contributed by atoms with Crippen molar-refractivity contribution in [1.82, 2.24) is 9.78 Å². The van der Waals surface area contributed by atoms with Gasteiger partial charge in [-0.2, -0.15) is 5.10 Å². The van der Waals surface area contributed by atoms with Crippen molar-refractivity contribution in [2.45, 2.75) is 6.92 Å². The minimum atomic E-state index is 0.756. The number of aldehydes is 1. The second-order valence-electron chi connectivity index (χ2n) is 2.34. The van der Waals surface area contributed by atoms with E-state index in [1.807, 2.05) is 20.2 Å². The number of rotatable bonds is 2. The molecule has 3 heteroatoms. The fraction of sp³-hybridized carbons (Fsp3) is 0.250. The van der Waals surface area contributed by atoms with E-state index in [0.717, 1.165) is 17.5 Å². The molecular weight excluding hydrogens is 140 g/mol. The summed E-state index contributed by atoms with van der Waals surface area (Å²) in [4.78, 5) is 9.98. The summed E-state index contributed by atoms with van der Waals surface area (Å²) in [7, 11) is 1.85. The third kappa shape index (κ3) is 1.77. The third-order valence-electron chi connectivity index (χ3n) is 1.41. The Bertz CT molecular complexity index is 286. The van der Waals surface area contributed by atoms with Crippen molar-refractivity contribution in [1.29, 1.82) is 0 Å². The Morgan fingerprint density at radius 2 is 2.36 bits per heavy atom. The highest BCUT2D eigenvalue weighted by atomic mass is 16.1. The number of carbonyl (C=O) groups excluding carboxylic acids is 1. The summed E-state index contributed by atoms with van der Waals surface area (Å²) in [5.74, 6) is 0. The Morgan fingerprint density at radius 3 is 2.82 bits per heavy atom. The van der Waals surface area contributed by atoms with Crippen LogP contribution in [0.4, 0.5) is 0 Å². The first-order valence-electron chi connectivity index (χ1n) is 3.36. The normalized spacial score (nSPS) is 10.7. The molecule has 0 aliphatic rings. The molecule has 0 fully saturated rings. The lowest BCUT2D eigenvalue weighted by molar-refractivity contribution is -0.104. The smallest absolute Gasteiger partial charge is 0.142 e. The number of hydrogen-bond acceptors (Lipinski definition) is 2. The van der Waals surface area contributed by atoms with Crippen molar-refractivity contribution in [3.05, 3.63) is 23.5 Å². The first-order chi connectivity index (χ1) is 5.24. The standard InChI is InChI=1S/C8H10N2O/c1-7-8(4-3-5-11)6-10(2)9-7/h3-6H,1-2H3/b4-3+. The topological polar surface area (TPSA) is 34.9 Å². The maximum absolute atomic E-state index is 9.98. The molecule has 0 aliphatic carbocycles. The zero-order valence-corrected chi connectivity index (χ0v) is 6.61. The Kier molecular flexibility index (Phi) is 2.21. The summed E-state index contributed by atoms with van der Waals surface area (Å²) in [5, 5.41) is 4.11. The number of carbonyl (C=O) groups is 1. The average Bonchev–Trinajstić information content (AvgIpc) is 2.26. The molecule has 0 aliphatic heterocycles. The van der Waals surface area contributed by atoms with Gasteiger partial charge in [-0.25, -0.2) is 0 Å². The maximum atomic E-state index is 9.98. The van der Waals surface area contributed by atoms with Crippen LogP contribution in [-0.2, 0) is 11.8 Å². The molecule has 1 rings (SSSR count). The van der Waals surface area contributed by atoms with Crippen LogP contribution in [0.1, 0.15) is 11.3 Å². The van der Waals surface area contributed by atoms with Gasteiger partial charge in [0.25, 0.3) is 0 Å². The number of aryl methyl sites for hydroxylation is 2. The summed E-state index contributed by atoms with van der Waals surface area (Å²) in [6.07, 6.45) is 5.83. The van der Waals surface area contributed by atoms with Crippen molar-refractivity contribution in [2.75, 3.05) is 0 Å². The lowest BCUT2D eigenvalue weighted by Crippen LogP contribution is -1.86. The van der Waals surface area contributed by atoms with Crippen molar-refractivity contribution in [3.8, 4) is 0 Å². The van der Waals surface area contributed by atoms with Crippen LogP contribution in [0.25, 0.3) is 6.08 Å². The lowest BCUT2D eigenvalue weighted by atomic mass is 10.2. The third-order valence-corrected chi connectivity index (χ3v) is 1.41. The molecule has 1 aromatic rings. The van der Waals surface area contributed by atoms with Crippen LogP contribution in [0.3, 0.4) is 0 Å². The molecule has 0 radical (unpaired) electrons. The van der Waals surface area contributed by atoms with Crippen LogP contribution < -0.4 is 0 Å². The molecule has 0 amide bonds. The van der Waals surface area contributed by atoms with E-state index in [9.17, 15) is 4.79 Å². The molecule has 0 N–H and O–H groups in total. The second kappa shape index (κ2) is 3.14. The van der Waals surface area contributed by atoms with E-state index in [2.05, 4.69) is 5.10 Å².